The van der Waals surface area contributed by atoms with E-state index in [-0.39, 0.29) is 30.6 Å². The number of aliphatic hydroxyl groups is 1. The second-order valence-electron chi connectivity index (χ2n) is 7.70. The number of carbonyl (C=O) groups excluding carboxylic acids is 1. The van der Waals surface area contributed by atoms with Gasteiger partial charge < -0.3 is 14.8 Å². The number of pyridine rings is 1. The van der Waals surface area contributed by atoms with Crippen molar-refractivity contribution in [3.05, 3.63) is 45.0 Å². The average molecular weight is 585 g/mol. The number of nitrogens with one attached hydrogen (secondary N) is 1. The number of benzene rings is 1. The topological polar surface area (TPSA) is 113 Å². The lowest BCUT2D eigenvalue weighted by Gasteiger charge is -2.22. The molecule has 0 radical (unpaired) electrons. The minimum atomic E-state index is -3.60. The highest BCUT2D eigenvalue weighted by molar-refractivity contribution is 14.1. The van der Waals surface area contributed by atoms with Crippen molar-refractivity contribution in [2.45, 2.75) is 32.6 Å². The van der Waals surface area contributed by atoms with Gasteiger partial charge in [0.25, 0.3) is 5.91 Å². The molecule has 0 aliphatic carbocycles. The van der Waals surface area contributed by atoms with Crippen LogP contribution in [0.15, 0.2) is 34.7 Å². The van der Waals surface area contributed by atoms with E-state index in [4.69, 9.17) is 9.52 Å². The SMILES string of the molecule is CCc1ccc(-c2oc3nc(N(CCCCCO)S(C)(=O)=O)c(I)cc3c2C(=O)NC)cc1. The number of carbonyl (C=O) groups is 1. The maximum absolute atomic E-state index is 12.8. The number of halogens is 1. The first kappa shape index (κ1) is 25.4. The van der Waals surface area contributed by atoms with Crippen LogP contribution in [0.25, 0.3) is 22.4 Å². The Hall–Kier alpha value is -2.18. The van der Waals surface area contributed by atoms with Crippen LogP contribution in [-0.2, 0) is 16.4 Å². The van der Waals surface area contributed by atoms with Crippen LogP contribution in [0.5, 0.6) is 0 Å². The van der Waals surface area contributed by atoms with Crippen molar-refractivity contribution in [3.63, 3.8) is 0 Å². The van der Waals surface area contributed by atoms with Crippen molar-refractivity contribution in [2.75, 3.05) is 30.8 Å². The molecule has 0 saturated heterocycles. The smallest absolute Gasteiger partial charge is 0.255 e. The molecular formula is C23H28IN3O5S. The van der Waals surface area contributed by atoms with Crippen LogP contribution in [0.3, 0.4) is 0 Å². The molecular weight excluding hydrogens is 557 g/mol. The van der Waals surface area contributed by atoms with Gasteiger partial charge in [0.1, 0.15) is 5.76 Å². The number of anilines is 1. The predicted molar refractivity (Wildman–Crippen MR) is 138 cm³/mol. The third kappa shape index (κ3) is 5.67. The second-order valence-corrected chi connectivity index (χ2v) is 10.8. The predicted octanol–water partition coefficient (Wildman–Crippen LogP) is 3.95. The van der Waals surface area contributed by atoms with Crippen molar-refractivity contribution < 1.29 is 22.7 Å². The van der Waals surface area contributed by atoms with Crippen LogP contribution in [0.2, 0.25) is 0 Å². The lowest BCUT2D eigenvalue weighted by atomic mass is 10.0. The summed E-state index contributed by atoms with van der Waals surface area (Å²) in [4.78, 5) is 17.3. The molecule has 33 heavy (non-hydrogen) atoms. The number of sulfonamides is 1. The fourth-order valence-electron chi connectivity index (χ4n) is 3.58. The van der Waals surface area contributed by atoms with Crippen molar-refractivity contribution in [1.82, 2.24) is 10.3 Å². The van der Waals surface area contributed by atoms with Crippen LogP contribution >= 0.6 is 22.6 Å². The Balaban J connectivity index is 2.15. The third-order valence-electron chi connectivity index (χ3n) is 5.35. The van der Waals surface area contributed by atoms with E-state index in [1.165, 1.54) is 4.31 Å². The number of nitrogens with zero attached hydrogens (tertiary/aromatic N) is 2. The molecule has 0 aliphatic heterocycles. The minimum Gasteiger partial charge on any atom is -0.437 e. The fraction of sp³-hybridized carbons (Fsp3) is 0.391. The van der Waals surface area contributed by atoms with Gasteiger partial charge in [0.15, 0.2) is 5.82 Å². The average Bonchev–Trinajstić information content (AvgIpc) is 3.15. The van der Waals surface area contributed by atoms with Gasteiger partial charge in [-0.3, -0.25) is 9.10 Å². The zero-order chi connectivity index (χ0) is 24.2. The Labute approximate surface area is 207 Å². The minimum absolute atomic E-state index is 0.0668. The summed E-state index contributed by atoms with van der Waals surface area (Å²) in [5, 5.41) is 12.2. The Morgan fingerprint density at radius 2 is 1.91 bits per heavy atom. The molecule has 8 nitrogen and oxygen atoms in total. The summed E-state index contributed by atoms with van der Waals surface area (Å²) in [6.07, 6.45) is 3.92. The van der Waals surface area contributed by atoms with Gasteiger partial charge in [0.2, 0.25) is 15.7 Å². The van der Waals surface area contributed by atoms with E-state index < -0.39 is 10.0 Å². The molecule has 0 unspecified atom stereocenters. The molecule has 2 aromatic heterocycles. The van der Waals surface area contributed by atoms with Gasteiger partial charge in [0, 0.05) is 25.8 Å². The summed E-state index contributed by atoms with van der Waals surface area (Å²) in [5.74, 6) is 0.346. The van der Waals surface area contributed by atoms with Crippen molar-refractivity contribution in [3.8, 4) is 11.3 Å². The van der Waals surface area contributed by atoms with E-state index >= 15 is 0 Å². The lowest BCUT2D eigenvalue weighted by molar-refractivity contribution is 0.0964. The molecule has 0 aliphatic rings. The van der Waals surface area contributed by atoms with Crippen LogP contribution in [0.1, 0.15) is 42.1 Å². The molecule has 10 heteroatoms. The molecule has 2 heterocycles. The molecule has 1 aromatic carbocycles. The quantitative estimate of drug-likeness (QED) is 0.275. The number of hydrogen-bond acceptors (Lipinski definition) is 6. The molecule has 0 bridgehead atoms. The number of amides is 1. The molecule has 0 saturated carbocycles. The first-order valence-corrected chi connectivity index (χ1v) is 13.7. The normalized spacial score (nSPS) is 11.7. The van der Waals surface area contributed by atoms with E-state index in [0.717, 1.165) is 23.8 Å². The van der Waals surface area contributed by atoms with E-state index in [1.54, 1.807) is 13.1 Å². The summed E-state index contributed by atoms with van der Waals surface area (Å²) >= 11 is 2.04. The molecule has 0 atom stereocenters. The summed E-state index contributed by atoms with van der Waals surface area (Å²) < 4.78 is 33.0. The van der Waals surface area contributed by atoms with Gasteiger partial charge in [-0.05, 0) is 59.9 Å². The lowest BCUT2D eigenvalue weighted by Crippen LogP contribution is -2.32. The molecule has 3 aromatic rings. The fourth-order valence-corrected chi connectivity index (χ4v) is 5.38. The van der Waals surface area contributed by atoms with Crippen LogP contribution in [-0.4, -0.2) is 50.9 Å². The molecule has 0 spiro atoms. The van der Waals surface area contributed by atoms with Gasteiger partial charge in [-0.25, -0.2) is 8.42 Å². The van der Waals surface area contributed by atoms with Crippen molar-refractivity contribution in [2.24, 2.45) is 0 Å². The molecule has 0 fully saturated rings. The van der Waals surface area contributed by atoms with Gasteiger partial charge in [-0.2, -0.15) is 4.98 Å². The monoisotopic (exact) mass is 585 g/mol. The summed E-state index contributed by atoms with van der Waals surface area (Å²) in [5.41, 5.74) is 2.46. The van der Waals surface area contributed by atoms with E-state index in [2.05, 4.69) is 17.2 Å². The maximum atomic E-state index is 12.8. The highest BCUT2D eigenvalue weighted by Crippen LogP contribution is 2.36. The number of aromatic nitrogens is 1. The van der Waals surface area contributed by atoms with Gasteiger partial charge in [0.05, 0.1) is 20.8 Å². The Kier molecular flexibility index (Phi) is 8.35. The number of unbranched alkanes of at least 4 members (excludes halogenated alkanes) is 2. The Morgan fingerprint density at radius 3 is 2.48 bits per heavy atom. The number of aliphatic hydroxyl groups excluding tert-OH is 1. The second kappa shape index (κ2) is 10.8. The van der Waals surface area contributed by atoms with Crippen LogP contribution < -0.4 is 9.62 Å². The zero-order valence-electron chi connectivity index (χ0n) is 18.9. The molecule has 2 N–H and O–H groups in total. The number of furan rings is 1. The number of aryl methyl sites for hydroxylation is 1. The first-order valence-electron chi connectivity index (χ1n) is 10.7. The van der Waals surface area contributed by atoms with Crippen LogP contribution in [0.4, 0.5) is 5.82 Å². The molecule has 1 amide bonds. The summed E-state index contributed by atoms with van der Waals surface area (Å²) in [6.45, 7) is 2.37. The number of rotatable bonds is 10. The maximum Gasteiger partial charge on any atom is 0.255 e. The Bertz CT molecular complexity index is 1240. The van der Waals surface area contributed by atoms with Crippen molar-refractivity contribution >= 4 is 55.4 Å². The standard InChI is InChI=1S/C23H28IN3O5S/c1-4-15-8-10-16(11-9-15)20-19(22(29)25-2)17-14-18(24)21(26-23(17)32-20)27(33(3,30)31)12-6-5-7-13-28/h8-11,14,28H,4-7,12-13H2,1-3H3,(H,25,29). The highest BCUT2D eigenvalue weighted by atomic mass is 127. The first-order chi connectivity index (χ1) is 15.7. The van der Waals surface area contributed by atoms with E-state index in [1.807, 2.05) is 46.9 Å². The summed E-state index contributed by atoms with van der Waals surface area (Å²) in [7, 11) is -2.05. The number of fused-ring (bicyclic) bond motifs is 1. The van der Waals surface area contributed by atoms with E-state index in [9.17, 15) is 13.2 Å². The molecule has 3 rings (SSSR count). The number of hydrogen-bond donors (Lipinski definition) is 2. The summed E-state index contributed by atoms with van der Waals surface area (Å²) in [6, 6.07) is 9.51. The van der Waals surface area contributed by atoms with Crippen LogP contribution in [0, 0.1) is 3.57 Å². The van der Waals surface area contributed by atoms with Gasteiger partial charge in [-0.1, -0.05) is 31.2 Å². The third-order valence-corrected chi connectivity index (χ3v) is 7.30. The Morgan fingerprint density at radius 1 is 1.21 bits per heavy atom. The zero-order valence-corrected chi connectivity index (χ0v) is 21.9. The largest absolute Gasteiger partial charge is 0.437 e. The van der Waals surface area contributed by atoms with Gasteiger partial charge >= 0.3 is 0 Å². The van der Waals surface area contributed by atoms with Crippen molar-refractivity contribution in [1.29, 1.82) is 0 Å². The van der Waals surface area contributed by atoms with E-state index in [0.29, 0.717) is 39.5 Å². The highest BCUT2D eigenvalue weighted by Gasteiger charge is 2.27. The molecule has 178 valence electrons. The van der Waals surface area contributed by atoms with Gasteiger partial charge in [-0.15, -0.1) is 0 Å².